The van der Waals surface area contributed by atoms with Crippen LogP contribution in [0.4, 0.5) is 14.5 Å². The molecule has 0 bridgehead atoms. The molecule has 0 radical (unpaired) electrons. The fourth-order valence-corrected chi connectivity index (χ4v) is 2.41. The van der Waals surface area contributed by atoms with Crippen LogP contribution >= 0.6 is 0 Å². The highest BCUT2D eigenvalue weighted by Gasteiger charge is 2.18. The van der Waals surface area contributed by atoms with Gasteiger partial charge >= 0.3 is 0 Å². The summed E-state index contributed by atoms with van der Waals surface area (Å²) in [7, 11) is 0. The van der Waals surface area contributed by atoms with E-state index in [2.05, 4.69) is 5.10 Å². The molecule has 20 heavy (non-hydrogen) atoms. The Morgan fingerprint density at radius 2 is 1.95 bits per heavy atom. The van der Waals surface area contributed by atoms with Crippen molar-refractivity contribution in [2.24, 2.45) is 0 Å². The standard InChI is InChI=1S/C14H15F2N3O/c15-12-6-14(17)13(16)5-11(12)9-7-18-19(8-9)10-1-3-20-4-2-10/h5-8,10H,1-4,17H2. The normalized spacial score (nSPS) is 16.5. The van der Waals surface area contributed by atoms with Gasteiger partial charge in [-0.3, -0.25) is 4.68 Å². The Kier molecular flexibility index (Phi) is 3.40. The maximum Gasteiger partial charge on any atom is 0.146 e. The molecule has 4 nitrogen and oxygen atoms in total. The Morgan fingerprint density at radius 1 is 1.20 bits per heavy atom. The molecule has 1 aromatic carbocycles. The number of benzene rings is 1. The summed E-state index contributed by atoms with van der Waals surface area (Å²) in [6.45, 7) is 1.40. The molecule has 1 aromatic heterocycles. The maximum absolute atomic E-state index is 13.9. The summed E-state index contributed by atoms with van der Waals surface area (Å²) in [6, 6.07) is 2.35. The number of nitrogen functional groups attached to an aromatic ring is 1. The average molecular weight is 279 g/mol. The third kappa shape index (κ3) is 2.38. The maximum atomic E-state index is 13.9. The van der Waals surface area contributed by atoms with Crippen molar-refractivity contribution in [1.82, 2.24) is 9.78 Å². The number of nitrogens with zero attached hydrogens (tertiary/aromatic N) is 2. The molecule has 0 aliphatic carbocycles. The molecule has 2 N–H and O–H groups in total. The van der Waals surface area contributed by atoms with Crippen LogP contribution in [0.3, 0.4) is 0 Å². The minimum atomic E-state index is -0.625. The number of rotatable bonds is 2. The number of ether oxygens (including phenoxy) is 1. The molecule has 1 fully saturated rings. The van der Waals surface area contributed by atoms with Gasteiger partial charge in [-0.05, 0) is 18.9 Å². The second-order valence-electron chi connectivity index (χ2n) is 4.91. The first kappa shape index (κ1) is 13.1. The Bertz CT molecular complexity index is 621. The lowest BCUT2D eigenvalue weighted by molar-refractivity contribution is 0.0662. The zero-order chi connectivity index (χ0) is 14.1. The third-order valence-corrected chi connectivity index (χ3v) is 3.56. The van der Waals surface area contributed by atoms with E-state index < -0.39 is 11.6 Å². The van der Waals surface area contributed by atoms with Gasteiger partial charge in [0.1, 0.15) is 11.6 Å². The summed E-state index contributed by atoms with van der Waals surface area (Å²) in [4.78, 5) is 0. The topological polar surface area (TPSA) is 53.1 Å². The van der Waals surface area contributed by atoms with Crippen molar-refractivity contribution in [3.63, 3.8) is 0 Å². The van der Waals surface area contributed by atoms with Gasteiger partial charge in [-0.1, -0.05) is 0 Å². The van der Waals surface area contributed by atoms with Crippen molar-refractivity contribution in [3.8, 4) is 11.1 Å². The monoisotopic (exact) mass is 279 g/mol. The summed E-state index contributed by atoms with van der Waals surface area (Å²) in [5.41, 5.74) is 5.87. The van der Waals surface area contributed by atoms with Gasteiger partial charge in [0.25, 0.3) is 0 Å². The summed E-state index contributed by atoms with van der Waals surface area (Å²) in [6.07, 6.45) is 5.03. The molecule has 6 heteroatoms. The van der Waals surface area contributed by atoms with Gasteiger partial charge in [0.05, 0.1) is 17.9 Å². The molecular formula is C14H15F2N3O. The molecule has 0 unspecified atom stereocenters. The minimum Gasteiger partial charge on any atom is -0.396 e. The number of halogens is 2. The first-order chi connectivity index (χ1) is 9.65. The van der Waals surface area contributed by atoms with Gasteiger partial charge in [-0.2, -0.15) is 5.10 Å². The van der Waals surface area contributed by atoms with E-state index in [0.29, 0.717) is 18.8 Å². The van der Waals surface area contributed by atoms with Crippen LogP contribution in [0.5, 0.6) is 0 Å². The Labute approximate surface area is 115 Å². The van der Waals surface area contributed by atoms with E-state index in [4.69, 9.17) is 10.5 Å². The van der Waals surface area contributed by atoms with Crippen molar-refractivity contribution in [3.05, 3.63) is 36.2 Å². The lowest BCUT2D eigenvalue weighted by Gasteiger charge is -2.22. The van der Waals surface area contributed by atoms with Crippen LogP contribution in [-0.2, 0) is 4.74 Å². The number of hydrogen-bond donors (Lipinski definition) is 1. The number of hydrogen-bond acceptors (Lipinski definition) is 3. The van der Waals surface area contributed by atoms with E-state index in [1.54, 1.807) is 17.1 Å². The SMILES string of the molecule is Nc1cc(F)c(-c2cnn(C3CCOCC3)c2)cc1F. The Hall–Kier alpha value is -1.95. The number of aromatic nitrogens is 2. The molecule has 2 aromatic rings. The molecule has 106 valence electrons. The van der Waals surface area contributed by atoms with Gasteiger partial charge < -0.3 is 10.5 Å². The zero-order valence-corrected chi connectivity index (χ0v) is 10.9. The predicted octanol–water partition coefficient (Wildman–Crippen LogP) is 2.76. The number of nitrogens with two attached hydrogens (primary N) is 1. The molecular weight excluding hydrogens is 264 g/mol. The van der Waals surface area contributed by atoms with Crippen molar-refractivity contribution < 1.29 is 13.5 Å². The molecule has 0 spiro atoms. The third-order valence-electron chi connectivity index (χ3n) is 3.56. The summed E-state index contributed by atoms with van der Waals surface area (Å²) >= 11 is 0. The van der Waals surface area contributed by atoms with E-state index in [0.717, 1.165) is 25.0 Å². The molecule has 0 atom stereocenters. The Balaban J connectivity index is 1.91. The summed E-state index contributed by atoms with van der Waals surface area (Å²) in [5, 5.41) is 4.25. The van der Waals surface area contributed by atoms with Gasteiger partial charge in [-0.25, -0.2) is 8.78 Å². The van der Waals surface area contributed by atoms with Gasteiger partial charge in [-0.15, -0.1) is 0 Å². The second kappa shape index (κ2) is 5.20. The van der Waals surface area contributed by atoms with Crippen LogP contribution in [0.25, 0.3) is 11.1 Å². The van der Waals surface area contributed by atoms with Crippen molar-refractivity contribution in [1.29, 1.82) is 0 Å². The van der Waals surface area contributed by atoms with Crippen LogP contribution in [0.2, 0.25) is 0 Å². The van der Waals surface area contributed by atoms with Crippen LogP contribution < -0.4 is 5.73 Å². The van der Waals surface area contributed by atoms with Gasteiger partial charge in [0, 0.05) is 36.6 Å². The van der Waals surface area contributed by atoms with E-state index in [1.807, 2.05) is 0 Å². The molecule has 3 rings (SSSR count). The first-order valence-corrected chi connectivity index (χ1v) is 6.52. The average Bonchev–Trinajstić information content (AvgIpc) is 2.93. The smallest absolute Gasteiger partial charge is 0.146 e. The van der Waals surface area contributed by atoms with E-state index in [9.17, 15) is 8.78 Å². The summed E-state index contributed by atoms with van der Waals surface area (Å²) < 4.78 is 34.4. The van der Waals surface area contributed by atoms with Crippen LogP contribution in [0, 0.1) is 11.6 Å². The largest absolute Gasteiger partial charge is 0.396 e. The van der Waals surface area contributed by atoms with Crippen LogP contribution in [-0.4, -0.2) is 23.0 Å². The fourth-order valence-electron chi connectivity index (χ4n) is 2.41. The van der Waals surface area contributed by atoms with Crippen LogP contribution in [0.15, 0.2) is 24.5 Å². The molecule has 1 aliphatic heterocycles. The molecule has 1 aliphatic rings. The lowest BCUT2D eigenvalue weighted by atomic mass is 10.1. The van der Waals surface area contributed by atoms with E-state index in [1.165, 1.54) is 0 Å². The molecule has 1 saturated heterocycles. The summed E-state index contributed by atoms with van der Waals surface area (Å²) in [5.74, 6) is -1.17. The highest BCUT2D eigenvalue weighted by molar-refractivity contribution is 5.65. The molecule has 0 amide bonds. The van der Waals surface area contributed by atoms with Crippen LogP contribution in [0.1, 0.15) is 18.9 Å². The lowest BCUT2D eigenvalue weighted by Crippen LogP contribution is -2.19. The fraction of sp³-hybridized carbons (Fsp3) is 0.357. The van der Waals surface area contributed by atoms with Crippen molar-refractivity contribution in [2.45, 2.75) is 18.9 Å². The second-order valence-corrected chi connectivity index (χ2v) is 4.91. The van der Waals surface area contributed by atoms with Crippen molar-refractivity contribution in [2.75, 3.05) is 18.9 Å². The number of anilines is 1. The van der Waals surface area contributed by atoms with Gasteiger partial charge in [0.15, 0.2) is 0 Å². The molecule has 0 saturated carbocycles. The van der Waals surface area contributed by atoms with Crippen molar-refractivity contribution >= 4 is 5.69 Å². The predicted molar refractivity (Wildman–Crippen MR) is 71.1 cm³/mol. The quantitative estimate of drug-likeness (QED) is 0.860. The highest BCUT2D eigenvalue weighted by atomic mass is 19.1. The molecule has 2 heterocycles. The van der Waals surface area contributed by atoms with E-state index >= 15 is 0 Å². The highest BCUT2D eigenvalue weighted by Crippen LogP contribution is 2.28. The Morgan fingerprint density at radius 3 is 2.70 bits per heavy atom. The van der Waals surface area contributed by atoms with Gasteiger partial charge in [0.2, 0.25) is 0 Å². The van der Waals surface area contributed by atoms with E-state index in [-0.39, 0.29) is 17.3 Å². The first-order valence-electron chi connectivity index (χ1n) is 6.52. The minimum absolute atomic E-state index is 0.176. The zero-order valence-electron chi connectivity index (χ0n) is 10.9.